The zero-order chi connectivity index (χ0) is 13.0. The molecule has 0 amide bonds. The van der Waals surface area contributed by atoms with Crippen LogP contribution in [-0.4, -0.2) is 19.7 Å². The number of halogens is 3. The SMILES string of the molecule is CCOC(=O)c1c(OC)cc(F)c(F)c1CBr. The molecule has 3 nitrogen and oxygen atoms in total. The molecule has 0 radical (unpaired) electrons. The normalized spacial score (nSPS) is 10.2. The maximum absolute atomic E-state index is 13.5. The molecule has 0 unspecified atom stereocenters. The fourth-order valence-electron chi connectivity index (χ4n) is 1.37. The van der Waals surface area contributed by atoms with Crippen LogP contribution >= 0.6 is 15.9 Å². The molecule has 0 bridgehead atoms. The van der Waals surface area contributed by atoms with Crippen molar-refractivity contribution in [1.82, 2.24) is 0 Å². The lowest BCUT2D eigenvalue weighted by Gasteiger charge is -2.12. The Bertz CT molecular complexity index is 435. The maximum atomic E-state index is 13.5. The zero-order valence-electron chi connectivity index (χ0n) is 9.35. The highest BCUT2D eigenvalue weighted by Crippen LogP contribution is 2.29. The monoisotopic (exact) mass is 308 g/mol. The molecule has 0 spiro atoms. The van der Waals surface area contributed by atoms with Crippen molar-refractivity contribution in [3.63, 3.8) is 0 Å². The predicted molar refractivity (Wildman–Crippen MR) is 61.5 cm³/mol. The molecule has 0 saturated carbocycles. The first-order chi connectivity index (χ1) is 8.06. The highest BCUT2D eigenvalue weighted by Gasteiger charge is 2.24. The van der Waals surface area contributed by atoms with E-state index in [4.69, 9.17) is 9.47 Å². The first-order valence-corrected chi connectivity index (χ1v) is 5.96. The van der Waals surface area contributed by atoms with E-state index >= 15 is 0 Å². The maximum Gasteiger partial charge on any atom is 0.342 e. The Morgan fingerprint density at radius 1 is 1.47 bits per heavy atom. The summed E-state index contributed by atoms with van der Waals surface area (Å²) in [7, 11) is 1.27. The molecule has 0 saturated heterocycles. The van der Waals surface area contributed by atoms with Gasteiger partial charge in [0.2, 0.25) is 0 Å². The van der Waals surface area contributed by atoms with Gasteiger partial charge in [-0.05, 0) is 6.92 Å². The quantitative estimate of drug-likeness (QED) is 0.633. The highest BCUT2D eigenvalue weighted by molar-refractivity contribution is 9.08. The number of alkyl halides is 1. The Labute approximate surface area is 106 Å². The number of carbonyl (C=O) groups is 1. The molecule has 0 N–H and O–H groups in total. The minimum Gasteiger partial charge on any atom is -0.496 e. The molecule has 1 aromatic rings. The van der Waals surface area contributed by atoms with Gasteiger partial charge in [0.1, 0.15) is 11.3 Å². The molecule has 0 aliphatic carbocycles. The number of rotatable bonds is 4. The first kappa shape index (κ1) is 13.9. The smallest absolute Gasteiger partial charge is 0.342 e. The van der Waals surface area contributed by atoms with E-state index in [9.17, 15) is 13.6 Å². The van der Waals surface area contributed by atoms with Gasteiger partial charge in [-0.3, -0.25) is 0 Å². The number of benzene rings is 1. The molecule has 94 valence electrons. The number of carbonyl (C=O) groups excluding carboxylic acids is 1. The Kier molecular flexibility index (Phi) is 4.86. The average molecular weight is 309 g/mol. The average Bonchev–Trinajstić information content (AvgIpc) is 2.31. The van der Waals surface area contributed by atoms with E-state index in [1.807, 2.05) is 0 Å². The largest absolute Gasteiger partial charge is 0.496 e. The minimum atomic E-state index is -1.08. The number of hydrogen-bond acceptors (Lipinski definition) is 3. The minimum absolute atomic E-state index is 0.0128. The molecular formula is C11H11BrF2O3. The molecule has 17 heavy (non-hydrogen) atoms. The summed E-state index contributed by atoms with van der Waals surface area (Å²) in [4.78, 5) is 11.7. The highest BCUT2D eigenvalue weighted by atomic mass is 79.9. The number of esters is 1. The van der Waals surface area contributed by atoms with E-state index in [0.29, 0.717) is 0 Å². The Morgan fingerprint density at radius 2 is 2.12 bits per heavy atom. The second-order valence-electron chi connectivity index (χ2n) is 3.08. The Morgan fingerprint density at radius 3 is 2.59 bits per heavy atom. The molecule has 6 heteroatoms. The third-order valence-electron chi connectivity index (χ3n) is 2.11. The molecular weight excluding hydrogens is 298 g/mol. The van der Waals surface area contributed by atoms with Gasteiger partial charge < -0.3 is 9.47 Å². The molecule has 0 atom stereocenters. The van der Waals surface area contributed by atoms with E-state index < -0.39 is 17.6 Å². The lowest BCUT2D eigenvalue weighted by molar-refractivity contribution is 0.0521. The van der Waals surface area contributed by atoms with Crippen LogP contribution in [0.5, 0.6) is 5.75 Å². The fourth-order valence-corrected chi connectivity index (χ4v) is 1.89. The van der Waals surface area contributed by atoms with Crippen molar-refractivity contribution in [2.75, 3.05) is 13.7 Å². The van der Waals surface area contributed by atoms with Crippen molar-refractivity contribution in [2.24, 2.45) is 0 Å². The Balaban J connectivity index is 3.43. The zero-order valence-corrected chi connectivity index (χ0v) is 10.9. The summed E-state index contributed by atoms with van der Waals surface area (Å²) in [6.07, 6.45) is 0. The number of ether oxygens (including phenoxy) is 2. The molecule has 0 aliphatic heterocycles. The number of methoxy groups -OCH3 is 1. The van der Waals surface area contributed by atoms with Crippen molar-refractivity contribution in [1.29, 1.82) is 0 Å². The summed E-state index contributed by atoms with van der Waals surface area (Å²) in [5.74, 6) is -2.93. The predicted octanol–water partition coefficient (Wildman–Crippen LogP) is 3.05. The van der Waals surface area contributed by atoms with Crippen LogP contribution in [0, 0.1) is 11.6 Å². The molecule has 0 aromatic heterocycles. The molecule has 1 rings (SSSR count). The molecule has 0 heterocycles. The van der Waals surface area contributed by atoms with Crippen LogP contribution in [-0.2, 0) is 10.1 Å². The van der Waals surface area contributed by atoms with Crippen molar-refractivity contribution >= 4 is 21.9 Å². The van der Waals surface area contributed by atoms with Gasteiger partial charge in [-0.2, -0.15) is 0 Å². The van der Waals surface area contributed by atoms with Crippen LogP contribution < -0.4 is 4.74 Å². The van der Waals surface area contributed by atoms with Gasteiger partial charge >= 0.3 is 5.97 Å². The summed E-state index contributed by atoms with van der Waals surface area (Å²) in [6.45, 7) is 1.76. The van der Waals surface area contributed by atoms with Gasteiger partial charge in [0.05, 0.1) is 13.7 Å². The van der Waals surface area contributed by atoms with Crippen molar-refractivity contribution in [2.45, 2.75) is 12.3 Å². The topological polar surface area (TPSA) is 35.5 Å². The lowest BCUT2D eigenvalue weighted by Crippen LogP contribution is -2.12. The van der Waals surface area contributed by atoms with Gasteiger partial charge in [0.15, 0.2) is 11.6 Å². The Hall–Kier alpha value is -1.17. The van der Waals surface area contributed by atoms with Crippen molar-refractivity contribution in [3.8, 4) is 5.75 Å². The summed E-state index contributed by atoms with van der Waals surface area (Å²) >= 11 is 3.01. The third kappa shape index (κ3) is 2.74. The van der Waals surface area contributed by atoms with Gasteiger partial charge in [-0.15, -0.1) is 0 Å². The summed E-state index contributed by atoms with van der Waals surface area (Å²) < 4.78 is 36.4. The van der Waals surface area contributed by atoms with E-state index in [1.54, 1.807) is 6.92 Å². The standard InChI is InChI=1S/C11H11BrF2O3/c1-3-17-11(15)9-6(5-12)10(14)7(13)4-8(9)16-2/h4H,3,5H2,1-2H3. The van der Waals surface area contributed by atoms with Crippen molar-refractivity contribution < 1.29 is 23.0 Å². The van der Waals surface area contributed by atoms with E-state index in [1.165, 1.54) is 7.11 Å². The van der Waals surface area contributed by atoms with Crippen LogP contribution in [0.2, 0.25) is 0 Å². The summed E-state index contributed by atoms with van der Waals surface area (Å²) in [5.41, 5.74) is -0.203. The van der Waals surface area contributed by atoms with E-state index in [0.717, 1.165) is 6.07 Å². The molecule has 1 aromatic carbocycles. The summed E-state index contributed by atoms with van der Waals surface area (Å²) in [5, 5.41) is -0.0128. The van der Waals surface area contributed by atoms with E-state index in [2.05, 4.69) is 15.9 Å². The van der Waals surface area contributed by atoms with Crippen LogP contribution in [0.15, 0.2) is 6.07 Å². The molecule has 0 aliphatic rings. The van der Waals surface area contributed by atoms with Gasteiger partial charge in [0, 0.05) is 17.0 Å². The first-order valence-electron chi connectivity index (χ1n) is 4.84. The van der Waals surface area contributed by atoms with Gasteiger partial charge in [-0.25, -0.2) is 13.6 Å². The third-order valence-corrected chi connectivity index (χ3v) is 2.67. The molecule has 0 fully saturated rings. The number of hydrogen-bond donors (Lipinski definition) is 0. The van der Waals surface area contributed by atoms with Crippen LogP contribution in [0.4, 0.5) is 8.78 Å². The summed E-state index contributed by atoms with van der Waals surface area (Å²) in [6, 6.07) is 0.827. The van der Waals surface area contributed by atoms with Crippen LogP contribution in [0.1, 0.15) is 22.8 Å². The van der Waals surface area contributed by atoms with Crippen LogP contribution in [0.25, 0.3) is 0 Å². The lowest BCUT2D eigenvalue weighted by atomic mass is 10.1. The van der Waals surface area contributed by atoms with Crippen LogP contribution in [0.3, 0.4) is 0 Å². The second kappa shape index (κ2) is 5.95. The second-order valence-corrected chi connectivity index (χ2v) is 3.64. The fraction of sp³-hybridized carbons (Fsp3) is 0.364. The van der Waals surface area contributed by atoms with Crippen molar-refractivity contribution in [3.05, 3.63) is 28.8 Å². The van der Waals surface area contributed by atoms with Gasteiger partial charge in [0.25, 0.3) is 0 Å². The van der Waals surface area contributed by atoms with Gasteiger partial charge in [-0.1, -0.05) is 15.9 Å². The van der Waals surface area contributed by atoms with E-state index in [-0.39, 0.29) is 28.8 Å².